The molecule has 1 N–H and O–H groups in total. The van der Waals surface area contributed by atoms with E-state index in [1.807, 2.05) is 19.1 Å². The van der Waals surface area contributed by atoms with Crippen LogP contribution in [0.3, 0.4) is 0 Å². The van der Waals surface area contributed by atoms with Crippen molar-refractivity contribution in [3.63, 3.8) is 0 Å². The van der Waals surface area contributed by atoms with Crippen molar-refractivity contribution in [2.75, 3.05) is 23.3 Å². The Kier molecular flexibility index (Phi) is 7.73. The second-order valence-electron chi connectivity index (χ2n) is 7.12. The van der Waals surface area contributed by atoms with Crippen LogP contribution in [0.25, 0.3) is 0 Å². The highest BCUT2D eigenvalue weighted by Crippen LogP contribution is 2.25. The fourth-order valence-electron chi connectivity index (χ4n) is 3.10. The van der Waals surface area contributed by atoms with E-state index in [0.717, 1.165) is 16.3 Å². The van der Waals surface area contributed by atoms with Crippen molar-refractivity contribution in [1.82, 2.24) is 0 Å². The second kappa shape index (κ2) is 10.5. The summed E-state index contributed by atoms with van der Waals surface area (Å²) in [5, 5.41) is 3.11. The Morgan fingerprint density at radius 1 is 1.00 bits per heavy atom. The van der Waals surface area contributed by atoms with Gasteiger partial charge in [0.05, 0.1) is 16.1 Å². The van der Waals surface area contributed by atoms with Crippen LogP contribution < -0.4 is 9.62 Å². The lowest BCUT2D eigenvalue weighted by atomic mass is 10.1. The summed E-state index contributed by atoms with van der Waals surface area (Å²) in [7, 11) is -2.56. The van der Waals surface area contributed by atoms with E-state index in [4.69, 9.17) is 16.3 Å². The molecule has 0 saturated carbocycles. The lowest BCUT2D eigenvalue weighted by Crippen LogP contribution is -2.27. The molecule has 0 unspecified atom stereocenters. The summed E-state index contributed by atoms with van der Waals surface area (Å²) in [6, 6.07) is 19.2. The maximum Gasteiger partial charge on any atom is 0.338 e. The Morgan fingerprint density at radius 3 is 2.45 bits per heavy atom. The van der Waals surface area contributed by atoms with Crippen molar-refractivity contribution >= 4 is 44.9 Å². The molecular weight excluding hydrogens is 464 g/mol. The summed E-state index contributed by atoms with van der Waals surface area (Å²) in [5.41, 5.74) is 1.99. The number of hydrogen-bond acceptors (Lipinski definition) is 5. The fraction of sp³-hybridized carbons (Fsp3) is 0.167. The molecule has 0 atom stereocenters. The van der Waals surface area contributed by atoms with Crippen molar-refractivity contribution in [2.24, 2.45) is 0 Å². The van der Waals surface area contributed by atoms with Crippen LogP contribution in [0.2, 0.25) is 5.02 Å². The average molecular weight is 487 g/mol. The van der Waals surface area contributed by atoms with E-state index in [0.29, 0.717) is 16.4 Å². The average Bonchev–Trinajstić information content (AvgIpc) is 2.82. The number of anilines is 2. The van der Waals surface area contributed by atoms with Gasteiger partial charge in [-0.25, -0.2) is 13.2 Å². The monoisotopic (exact) mass is 486 g/mol. The van der Waals surface area contributed by atoms with Crippen molar-refractivity contribution < 1.29 is 22.7 Å². The second-order valence-corrected chi connectivity index (χ2v) is 9.52. The van der Waals surface area contributed by atoms with Crippen LogP contribution in [-0.2, 0) is 26.0 Å². The summed E-state index contributed by atoms with van der Waals surface area (Å²) in [6.07, 6.45) is 0.737. The topological polar surface area (TPSA) is 92.8 Å². The van der Waals surface area contributed by atoms with E-state index in [-0.39, 0.29) is 10.5 Å². The Morgan fingerprint density at radius 2 is 1.73 bits per heavy atom. The zero-order chi connectivity index (χ0) is 24.0. The number of nitrogens with one attached hydrogen (secondary N) is 1. The molecule has 172 valence electrons. The molecule has 0 aromatic heterocycles. The highest BCUT2D eigenvalue weighted by molar-refractivity contribution is 7.92. The molecule has 0 aliphatic rings. The van der Waals surface area contributed by atoms with Crippen LogP contribution in [0.4, 0.5) is 11.4 Å². The lowest BCUT2D eigenvalue weighted by Gasteiger charge is -2.20. The number of nitrogens with zero attached hydrogens (tertiary/aromatic N) is 1. The third-order valence-electron chi connectivity index (χ3n) is 4.91. The first-order chi connectivity index (χ1) is 15.7. The summed E-state index contributed by atoms with van der Waals surface area (Å²) < 4.78 is 32.2. The van der Waals surface area contributed by atoms with E-state index >= 15 is 0 Å². The first-order valence-corrected chi connectivity index (χ1v) is 11.9. The Hall–Kier alpha value is -3.36. The molecule has 0 spiro atoms. The molecule has 0 aliphatic carbocycles. The normalized spacial score (nSPS) is 11.0. The number of carbonyl (C=O) groups is 2. The van der Waals surface area contributed by atoms with E-state index in [9.17, 15) is 18.0 Å². The van der Waals surface area contributed by atoms with Gasteiger partial charge in [0.1, 0.15) is 0 Å². The van der Waals surface area contributed by atoms with Gasteiger partial charge in [0.25, 0.3) is 15.9 Å². The van der Waals surface area contributed by atoms with E-state index in [2.05, 4.69) is 5.32 Å². The van der Waals surface area contributed by atoms with Crippen molar-refractivity contribution in [3.05, 3.63) is 88.9 Å². The smallest absolute Gasteiger partial charge is 0.338 e. The lowest BCUT2D eigenvalue weighted by molar-refractivity contribution is -0.119. The number of esters is 1. The molecule has 7 nitrogen and oxygen atoms in total. The van der Waals surface area contributed by atoms with E-state index in [1.165, 1.54) is 37.4 Å². The molecule has 9 heteroatoms. The van der Waals surface area contributed by atoms with Crippen LogP contribution in [0, 0.1) is 0 Å². The molecule has 0 bridgehead atoms. The van der Waals surface area contributed by atoms with Crippen LogP contribution >= 0.6 is 11.6 Å². The quantitative estimate of drug-likeness (QED) is 0.472. The number of ether oxygens (including phenoxy) is 1. The van der Waals surface area contributed by atoms with Gasteiger partial charge >= 0.3 is 5.97 Å². The molecule has 3 aromatic carbocycles. The van der Waals surface area contributed by atoms with Crippen molar-refractivity contribution in [2.45, 2.75) is 18.2 Å². The highest BCUT2D eigenvalue weighted by atomic mass is 35.5. The van der Waals surface area contributed by atoms with Crippen molar-refractivity contribution in [1.29, 1.82) is 0 Å². The molecule has 0 aliphatic heterocycles. The number of halogens is 1. The number of sulfonamides is 1. The van der Waals surface area contributed by atoms with Crippen LogP contribution in [0.5, 0.6) is 0 Å². The van der Waals surface area contributed by atoms with Gasteiger partial charge in [-0.1, -0.05) is 48.9 Å². The number of para-hydroxylation sites is 1. The van der Waals surface area contributed by atoms with E-state index < -0.39 is 28.5 Å². The SMILES string of the molecule is CCc1ccccc1NC(=O)COC(=O)c1cccc(S(=O)(=O)N(C)c2cccc(Cl)c2)c1. The van der Waals surface area contributed by atoms with E-state index in [1.54, 1.807) is 30.3 Å². The van der Waals surface area contributed by atoms with Gasteiger partial charge in [0, 0.05) is 17.8 Å². The zero-order valence-corrected chi connectivity index (χ0v) is 19.7. The molecule has 0 radical (unpaired) electrons. The maximum absolute atomic E-state index is 13.0. The fourth-order valence-corrected chi connectivity index (χ4v) is 4.52. The number of aryl methyl sites for hydroxylation is 1. The first kappa shape index (κ1) is 24.3. The maximum atomic E-state index is 13.0. The summed E-state index contributed by atoms with van der Waals surface area (Å²) in [5.74, 6) is -1.30. The molecule has 0 saturated heterocycles. The Bertz CT molecular complexity index is 1280. The predicted molar refractivity (Wildman–Crippen MR) is 128 cm³/mol. The minimum absolute atomic E-state index is 0.0114. The number of rotatable bonds is 8. The van der Waals surface area contributed by atoms with Gasteiger partial charge in [0.15, 0.2) is 6.61 Å². The van der Waals surface area contributed by atoms with Crippen LogP contribution in [-0.4, -0.2) is 33.9 Å². The zero-order valence-electron chi connectivity index (χ0n) is 18.1. The minimum atomic E-state index is -3.96. The number of carbonyl (C=O) groups excluding carboxylic acids is 2. The van der Waals surface area contributed by atoms with Gasteiger partial charge in [-0.2, -0.15) is 0 Å². The predicted octanol–water partition coefficient (Wildman–Crippen LogP) is 4.52. The van der Waals surface area contributed by atoms with Crippen LogP contribution in [0.1, 0.15) is 22.8 Å². The third-order valence-corrected chi connectivity index (χ3v) is 6.92. The van der Waals surface area contributed by atoms with Gasteiger partial charge in [-0.3, -0.25) is 9.10 Å². The van der Waals surface area contributed by atoms with Crippen molar-refractivity contribution in [3.8, 4) is 0 Å². The molecule has 33 heavy (non-hydrogen) atoms. The van der Waals surface area contributed by atoms with Gasteiger partial charge in [0.2, 0.25) is 0 Å². The Balaban J connectivity index is 1.69. The molecular formula is C24H23ClN2O5S. The van der Waals surface area contributed by atoms with Crippen LogP contribution in [0.15, 0.2) is 77.7 Å². The number of benzene rings is 3. The molecule has 0 heterocycles. The summed E-state index contributed by atoms with van der Waals surface area (Å²) in [4.78, 5) is 24.6. The molecule has 3 aromatic rings. The first-order valence-electron chi connectivity index (χ1n) is 10.1. The third kappa shape index (κ3) is 5.91. The minimum Gasteiger partial charge on any atom is -0.452 e. The largest absolute Gasteiger partial charge is 0.452 e. The highest BCUT2D eigenvalue weighted by Gasteiger charge is 2.23. The van der Waals surface area contributed by atoms with Gasteiger partial charge < -0.3 is 10.1 Å². The molecule has 0 fully saturated rings. The van der Waals surface area contributed by atoms with Gasteiger partial charge in [-0.15, -0.1) is 0 Å². The van der Waals surface area contributed by atoms with Gasteiger partial charge in [-0.05, 0) is 54.4 Å². The summed E-state index contributed by atoms with van der Waals surface area (Å²) >= 11 is 5.96. The summed E-state index contributed by atoms with van der Waals surface area (Å²) in [6.45, 7) is 1.46. The standard InChI is InChI=1S/C24H23ClN2O5S/c1-3-17-8-4-5-13-22(17)26-23(28)16-32-24(29)18-9-6-12-21(14-18)33(30,31)27(2)20-11-7-10-19(25)15-20/h4-15H,3,16H2,1-2H3,(H,26,28). The molecule has 3 rings (SSSR count). The number of amides is 1. The molecule has 1 amide bonds. The Labute approximate surface area is 198 Å². The number of hydrogen-bond donors (Lipinski definition) is 1.